The minimum absolute atomic E-state index is 0.0798. The fourth-order valence-electron chi connectivity index (χ4n) is 1.98. The Morgan fingerprint density at radius 3 is 2.76 bits per heavy atom. The second-order valence-corrected chi connectivity index (χ2v) is 4.67. The van der Waals surface area contributed by atoms with Crippen molar-refractivity contribution in [3.05, 3.63) is 0 Å². The van der Waals surface area contributed by atoms with Crippen LogP contribution in [0.25, 0.3) is 0 Å². The van der Waals surface area contributed by atoms with Crippen LogP contribution in [0.1, 0.15) is 58.3 Å². The highest BCUT2D eigenvalue weighted by Gasteiger charge is 2.15. The molecule has 100 valence electrons. The van der Waals surface area contributed by atoms with Gasteiger partial charge in [0.05, 0.1) is 0 Å². The van der Waals surface area contributed by atoms with Gasteiger partial charge >= 0.3 is 6.03 Å². The molecule has 1 heterocycles. The number of urea groups is 1. The van der Waals surface area contributed by atoms with Gasteiger partial charge in [-0.05, 0) is 25.7 Å². The molecule has 2 N–H and O–H groups in total. The van der Waals surface area contributed by atoms with Crippen LogP contribution in [0.4, 0.5) is 4.79 Å². The molecule has 1 saturated heterocycles. The lowest BCUT2D eigenvalue weighted by Gasteiger charge is -2.23. The van der Waals surface area contributed by atoms with E-state index >= 15 is 0 Å². The van der Waals surface area contributed by atoms with Crippen molar-refractivity contribution in [3.63, 3.8) is 0 Å². The first-order chi connectivity index (χ1) is 8.33. The first kappa shape index (κ1) is 14.3. The molecule has 1 rings (SSSR count). The van der Waals surface area contributed by atoms with Gasteiger partial charge in [-0.25, -0.2) is 4.79 Å². The van der Waals surface area contributed by atoms with Crippen LogP contribution in [0.2, 0.25) is 0 Å². The van der Waals surface area contributed by atoms with Crippen LogP contribution in [-0.4, -0.2) is 25.4 Å². The summed E-state index contributed by atoms with van der Waals surface area (Å²) in [4.78, 5) is 11.5. The zero-order valence-corrected chi connectivity index (χ0v) is 11.0. The molecule has 0 bridgehead atoms. The summed E-state index contributed by atoms with van der Waals surface area (Å²) in [6.45, 7) is 3.74. The van der Waals surface area contributed by atoms with Crippen LogP contribution in [0.5, 0.6) is 0 Å². The highest BCUT2D eigenvalue weighted by Crippen LogP contribution is 2.09. The molecule has 1 unspecified atom stereocenters. The summed E-state index contributed by atoms with van der Waals surface area (Å²) in [5.41, 5.74) is 0. The predicted octanol–water partition coefficient (Wildman–Crippen LogP) is 2.78. The number of rotatable bonds is 7. The van der Waals surface area contributed by atoms with Gasteiger partial charge in [-0.15, -0.1) is 0 Å². The van der Waals surface area contributed by atoms with Gasteiger partial charge in [0.25, 0.3) is 0 Å². The van der Waals surface area contributed by atoms with Gasteiger partial charge in [0.1, 0.15) is 6.23 Å². The van der Waals surface area contributed by atoms with Crippen molar-refractivity contribution in [1.29, 1.82) is 0 Å². The summed E-state index contributed by atoms with van der Waals surface area (Å²) in [6, 6.07) is -0.0904. The first-order valence-electron chi connectivity index (χ1n) is 6.99. The molecular formula is C13H26N2O2. The third-order valence-corrected chi connectivity index (χ3v) is 3.04. The lowest BCUT2D eigenvalue weighted by atomic mass is 10.1. The lowest BCUT2D eigenvalue weighted by molar-refractivity contribution is 0.00236. The molecule has 0 aromatic carbocycles. The van der Waals surface area contributed by atoms with E-state index in [1.165, 1.54) is 25.7 Å². The molecular weight excluding hydrogens is 216 g/mol. The Hall–Kier alpha value is -0.770. The molecule has 17 heavy (non-hydrogen) atoms. The summed E-state index contributed by atoms with van der Waals surface area (Å²) >= 11 is 0. The van der Waals surface area contributed by atoms with Crippen LogP contribution in [0.15, 0.2) is 0 Å². The lowest BCUT2D eigenvalue weighted by Crippen LogP contribution is -2.44. The van der Waals surface area contributed by atoms with Crippen molar-refractivity contribution in [2.45, 2.75) is 64.5 Å². The number of ether oxygens (including phenoxy) is 1. The van der Waals surface area contributed by atoms with E-state index in [4.69, 9.17) is 4.74 Å². The Labute approximate surface area is 104 Å². The standard InChI is InChI=1S/C13H26N2O2/c1-2-3-4-5-7-10-14-13(16)15-12-9-6-8-11-17-12/h12H,2-11H2,1H3,(H2,14,15,16). The molecule has 4 heteroatoms. The van der Waals surface area contributed by atoms with Crippen LogP contribution in [-0.2, 0) is 4.74 Å². The van der Waals surface area contributed by atoms with E-state index in [9.17, 15) is 4.79 Å². The van der Waals surface area contributed by atoms with E-state index in [1.807, 2.05) is 0 Å². The molecule has 4 nitrogen and oxygen atoms in total. The van der Waals surface area contributed by atoms with Crippen molar-refractivity contribution in [3.8, 4) is 0 Å². The van der Waals surface area contributed by atoms with Gasteiger partial charge < -0.3 is 15.4 Å². The highest BCUT2D eigenvalue weighted by atomic mass is 16.5. The van der Waals surface area contributed by atoms with Crippen LogP contribution in [0.3, 0.4) is 0 Å². The Morgan fingerprint density at radius 1 is 1.24 bits per heavy atom. The number of carbonyl (C=O) groups excluding carboxylic acids is 1. The molecule has 2 amide bonds. The van der Waals surface area contributed by atoms with E-state index in [1.54, 1.807) is 0 Å². The zero-order valence-electron chi connectivity index (χ0n) is 11.0. The largest absolute Gasteiger partial charge is 0.358 e. The third-order valence-electron chi connectivity index (χ3n) is 3.04. The molecule has 0 spiro atoms. The Morgan fingerprint density at radius 2 is 2.06 bits per heavy atom. The molecule has 1 fully saturated rings. The number of hydrogen-bond acceptors (Lipinski definition) is 2. The molecule has 1 aliphatic rings. The van der Waals surface area contributed by atoms with Crippen molar-refractivity contribution < 1.29 is 9.53 Å². The van der Waals surface area contributed by atoms with Crippen LogP contribution >= 0.6 is 0 Å². The summed E-state index contributed by atoms with van der Waals surface area (Å²) in [5, 5.41) is 5.73. The number of nitrogens with one attached hydrogen (secondary N) is 2. The van der Waals surface area contributed by atoms with Crippen molar-refractivity contribution in [1.82, 2.24) is 10.6 Å². The molecule has 0 radical (unpaired) electrons. The maximum atomic E-state index is 11.5. The van der Waals surface area contributed by atoms with E-state index < -0.39 is 0 Å². The highest BCUT2D eigenvalue weighted by molar-refractivity contribution is 5.73. The average Bonchev–Trinajstić information content (AvgIpc) is 2.35. The molecule has 1 atom stereocenters. The fourth-order valence-corrected chi connectivity index (χ4v) is 1.98. The number of carbonyl (C=O) groups is 1. The van der Waals surface area contributed by atoms with E-state index in [0.29, 0.717) is 0 Å². The van der Waals surface area contributed by atoms with E-state index in [0.717, 1.165) is 38.8 Å². The second kappa shape index (κ2) is 9.28. The monoisotopic (exact) mass is 242 g/mol. The van der Waals surface area contributed by atoms with Gasteiger partial charge in [0, 0.05) is 13.2 Å². The van der Waals surface area contributed by atoms with Crippen molar-refractivity contribution in [2.24, 2.45) is 0 Å². The SMILES string of the molecule is CCCCCCCNC(=O)NC1CCCCO1. The van der Waals surface area contributed by atoms with Crippen molar-refractivity contribution in [2.75, 3.05) is 13.2 Å². The Balaban J connectivity index is 1.93. The van der Waals surface area contributed by atoms with Crippen LogP contribution < -0.4 is 10.6 Å². The summed E-state index contributed by atoms with van der Waals surface area (Å²) in [7, 11) is 0. The number of unbranched alkanes of at least 4 members (excludes halogenated alkanes) is 4. The minimum atomic E-state index is -0.0904. The first-order valence-corrected chi connectivity index (χ1v) is 6.99. The van der Waals surface area contributed by atoms with Gasteiger partial charge in [-0.2, -0.15) is 0 Å². The van der Waals surface area contributed by atoms with Gasteiger partial charge in [0.2, 0.25) is 0 Å². The Kier molecular flexibility index (Phi) is 7.80. The van der Waals surface area contributed by atoms with Crippen LogP contribution in [0, 0.1) is 0 Å². The number of hydrogen-bond donors (Lipinski definition) is 2. The maximum Gasteiger partial charge on any atom is 0.316 e. The van der Waals surface area contributed by atoms with Gasteiger partial charge in [-0.3, -0.25) is 0 Å². The molecule has 0 saturated carbocycles. The fraction of sp³-hybridized carbons (Fsp3) is 0.923. The predicted molar refractivity (Wildman–Crippen MR) is 68.9 cm³/mol. The zero-order chi connectivity index (χ0) is 12.3. The number of amides is 2. The van der Waals surface area contributed by atoms with Gasteiger partial charge in [0.15, 0.2) is 0 Å². The Bertz CT molecular complexity index is 204. The third kappa shape index (κ3) is 7.21. The molecule has 0 aromatic rings. The average molecular weight is 242 g/mol. The molecule has 0 aliphatic carbocycles. The second-order valence-electron chi connectivity index (χ2n) is 4.67. The summed E-state index contributed by atoms with van der Waals surface area (Å²) in [6.07, 6.45) is 9.19. The summed E-state index contributed by atoms with van der Waals surface area (Å²) < 4.78 is 5.44. The smallest absolute Gasteiger partial charge is 0.316 e. The van der Waals surface area contributed by atoms with E-state index in [2.05, 4.69) is 17.6 Å². The maximum absolute atomic E-state index is 11.5. The topological polar surface area (TPSA) is 50.4 Å². The minimum Gasteiger partial charge on any atom is -0.358 e. The van der Waals surface area contributed by atoms with Gasteiger partial charge in [-0.1, -0.05) is 32.6 Å². The van der Waals surface area contributed by atoms with Crippen molar-refractivity contribution >= 4 is 6.03 Å². The summed E-state index contributed by atoms with van der Waals surface area (Å²) in [5.74, 6) is 0. The van der Waals surface area contributed by atoms with E-state index in [-0.39, 0.29) is 12.3 Å². The molecule has 0 aromatic heterocycles. The normalized spacial score (nSPS) is 19.9. The molecule has 1 aliphatic heterocycles. The quantitative estimate of drug-likeness (QED) is 0.674.